The van der Waals surface area contributed by atoms with Crippen LogP contribution in [0.1, 0.15) is 36.0 Å². The number of para-hydroxylation sites is 1. The number of carbonyl (C=O) groups excluding carboxylic acids is 1. The summed E-state index contributed by atoms with van der Waals surface area (Å²) in [5, 5.41) is 12.3. The fraction of sp³-hybridized carbons (Fsp3) is 0.357. The highest BCUT2D eigenvalue weighted by Crippen LogP contribution is 2.20. The smallest absolute Gasteiger partial charge is 0.255 e. The number of benzene rings is 1. The van der Waals surface area contributed by atoms with Crippen LogP contribution < -0.4 is 5.32 Å². The van der Waals surface area contributed by atoms with Gasteiger partial charge in [0, 0.05) is 6.54 Å². The lowest BCUT2D eigenvalue weighted by Gasteiger charge is -2.07. The molecule has 0 aliphatic heterocycles. The van der Waals surface area contributed by atoms with Gasteiger partial charge in [0.05, 0.1) is 5.56 Å². The van der Waals surface area contributed by atoms with Crippen molar-refractivity contribution in [3.8, 4) is 5.75 Å². The van der Waals surface area contributed by atoms with Crippen molar-refractivity contribution in [2.45, 2.75) is 25.7 Å². The SMILES string of the molecule is O=C(NCCC1=CCCC1)c1ccccc1O. The molecule has 1 aliphatic carbocycles. The van der Waals surface area contributed by atoms with Crippen LogP contribution in [0.3, 0.4) is 0 Å². The quantitative estimate of drug-likeness (QED) is 0.782. The second-order valence-corrected chi connectivity index (χ2v) is 4.28. The number of phenolic OH excluding ortho intramolecular Hbond substituents is 1. The third-order valence-corrected chi connectivity index (χ3v) is 3.02. The van der Waals surface area contributed by atoms with Crippen molar-refractivity contribution in [1.29, 1.82) is 0 Å². The normalized spacial score (nSPS) is 14.5. The molecule has 90 valence electrons. The molecule has 0 unspecified atom stereocenters. The molecule has 0 saturated carbocycles. The van der Waals surface area contributed by atoms with E-state index in [2.05, 4.69) is 11.4 Å². The molecule has 3 heteroatoms. The van der Waals surface area contributed by atoms with Crippen molar-refractivity contribution >= 4 is 5.91 Å². The summed E-state index contributed by atoms with van der Waals surface area (Å²) < 4.78 is 0. The Kier molecular flexibility index (Phi) is 3.81. The highest BCUT2D eigenvalue weighted by atomic mass is 16.3. The van der Waals surface area contributed by atoms with Crippen molar-refractivity contribution in [3.05, 3.63) is 41.5 Å². The van der Waals surface area contributed by atoms with E-state index in [0.717, 1.165) is 12.8 Å². The molecule has 17 heavy (non-hydrogen) atoms. The second kappa shape index (κ2) is 5.53. The zero-order valence-electron chi connectivity index (χ0n) is 9.78. The van der Waals surface area contributed by atoms with Gasteiger partial charge < -0.3 is 10.4 Å². The first-order valence-electron chi connectivity index (χ1n) is 6.01. The predicted molar refractivity (Wildman–Crippen MR) is 67.0 cm³/mol. The Labute approximate surface area is 101 Å². The highest BCUT2D eigenvalue weighted by molar-refractivity contribution is 5.96. The summed E-state index contributed by atoms with van der Waals surface area (Å²) in [5.74, 6) is -0.174. The zero-order valence-corrected chi connectivity index (χ0v) is 9.78. The van der Waals surface area contributed by atoms with E-state index >= 15 is 0 Å². The summed E-state index contributed by atoms with van der Waals surface area (Å²) in [6, 6.07) is 6.59. The van der Waals surface area contributed by atoms with Gasteiger partial charge in [-0.05, 0) is 37.8 Å². The Morgan fingerprint density at radius 2 is 2.18 bits per heavy atom. The van der Waals surface area contributed by atoms with E-state index in [1.807, 2.05) is 0 Å². The lowest BCUT2D eigenvalue weighted by molar-refractivity contribution is 0.0951. The maximum absolute atomic E-state index is 11.7. The van der Waals surface area contributed by atoms with Crippen LogP contribution in [0.4, 0.5) is 0 Å². The summed E-state index contributed by atoms with van der Waals surface area (Å²) in [4.78, 5) is 11.7. The minimum absolute atomic E-state index is 0.0325. The fourth-order valence-corrected chi connectivity index (χ4v) is 2.06. The number of rotatable bonds is 4. The van der Waals surface area contributed by atoms with E-state index < -0.39 is 0 Å². The predicted octanol–water partition coefficient (Wildman–Crippen LogP) is 2.62. The van der Waals surface area contributed by atoms with Crippen LogP contribution in [-0.4, -0.2) is 17.6 Å². The van der Waals surface area contributed by atoms with Crippen molar-refractivity contribution < 1.29 is 9.90 Å². The molecular formula is C14H17NO2. The number of hydrogen-bond donors (Lipinski definition) is 2. The lowest BCUT2D eigenvalue weighted by atomic mass is 10.1. The van der Waals surface area contributed by atoms with Crippen LogP contribution in [0, 0.1) is 0 Å². The van der Waals surface area contributed by atoms with E-state index in [-0.39, 0.29) is 11.7 Å². The maximum Gasteiger partial charge on any atom is 0.255 e. The summed E-state index contributed by atoms with van der Waals surface area (Å²) in [5.41, 5.74) is 1.77. The van der Waals surface area contributed by atoms with Gasteiger partial charge >= 0.3 is 0 Å². The van der Waals surface area contributed by atoms with Gasteiger partial charge in [0.15, 0.2) is 0 Å². The van der Waals surface area contributed by atoms with Crippen LogP contribution in [-0.2, 0) is 0 Å². The topological polar surface area (TPSA) is 49.3 Å². The Bertz CT molecular complexity index is 438. The second-order valence-electron chi connectivity index (χ2n) is 4.28. The minimum Gasteiger partial charge on any atom is -0.507 e. The van der Waals surface area contributed by atoms with Crippen LogP contribution in [0.2, 0.25) is 0 Å². The van der Waals surface area contributed by atoms with Crippen molar-refractivity contribution in [3.63, 3.8) is 0 Å². The van der Waals surface area contributed by atoms with Gasteiger partial charge in [0.2, 0.25) is 0 Å². The number of carbonyl (C=O) groups is 1. The van der Waals surface area contributed by atoms with Crippen molar-refractivity contribution in [2.24, 2.45) is 0 Å². The average Bonchev–Trinajstić information content (AvgIpc) is 2.82. The van der Waals surface area contributed by atoms with Gasteiger partial charge in [0.1, 0.15) is 5.75 Å². The van der Waals surface area contributed by atoms with E-state index in [1.54, 1.807) is 18.2 Å². The molecule has 3 nitrogen and oxygen atoms in total. The molecule has 1 aromatic carbocycles. The number of hydrogen-bond acceptors (Lipinski definition) is 2. The number of nitrogens with one attached hydrogen (secondary N) is 1. The molecule has 0 bridgehead atoms. The zero-order chi connectivity index (χ0) is 12.1. The molecule has 1 amide bonds. The van der Waals surface area contributed by atoms with Crippen LogP contribution >= 0.6 is 0 Å². The van der Waals surface area contributed by atoms with Gasteiger partial charge in [-0.1, -0.05) is 23.8 Å². The highest BCUT2D eigenvalue weighted by Gasteiger charge is 2.10. The third kappa shape index (κ3) is 3.09. The summed E-state index contributed by atoms with van der Waals surface area (Å²) in [6.07, 6.45) is 6.74. The summed E-state index contributed by atoms with van der Waals surface area (Å²) in [7, 11) is 0. The fourth-order valence-electron chi connectivity index (χ4n) is 2.06. The lowest BCUT2D eigenvalue weighted by Crippen LogP contribution is -2.24. The largest absolute Gasteiger partial charge is 0.507 e. The standard InChI is InChI=1S/C14H17NO2/c16-13-8-4-3-7-12(13)14(17)15-10-9-11-5-1-2-6-11/h3-5,7-8,16H,1-2,6,9-10H2,(H,15,17). The van der Waals surface area contributed by atoms with E-state index in [1.165, 1.54) is 24.5 Å². The van der Waals surface area contributed by atoms with Crippen LogP contribution in [0.25, 0.3) is 0 Å². The Morgan fingerprint density at radius 1 is 1.35 bits per heavy atom. The first-order valence-corrected chi connectivity index (χ1v) is 6.01. The number of phenols is 1. The monoisotopic (exact) mass is 231 g/mol. The molecule has 0 fully saturated rings. The van der Waals surface area contributed by atoms with E-state index in [4.69, 9.17) is 0 Å². The third-order valence-electron chi connectivity index (χ3n) is 3.02. The molecule has 1 aromatic rings. The van der Waals surface area contributed by atoms with Crippen LogP contribution in [0.5, 0.6) is 5.75 Å². The van der Waals surface area contributed by atoms with Gasteiger partial charge in [-0.3, -0.25) is 4.79 Å². The molecule has 0 aromatic heterocycles. The average molecular weight is 231 g/mol. The van der Waals surface area contributed by atoms with Gasteiger partial charge in [-0.15, -0.1) is 0 Å². The van der Waals surface area contributed by atoms with Gasteiger partial charge in [-0.2, -0.15) is 0 Å². The Hall–Kier alpha value is -1.77. The molecule has 2 N–H and O–H groups in total. The molecule has 0 radical (unpaired) electrons. The Balaban J connectivity index is 1.83. The molecule has 0 atom stereocenters. The molecule has 0 spiro atoms. The molecule has 0 heterocycles. The van der Waals surface area contributed by atoms with E-state index in [0.29, 0.717) is 12.1 Å². The minimum atomic E-state index is -0.207. The molecular weight excluding hydrogens is 214 g/mol. The summed E-state index contributed by atoms with van der Waals surface area (Å²) in [6.45, 7) is 0.638. The summed E-state index contributed by atoms with van der Waals surface area (Å²) >= 11 is 0. The van der Waals surface area contributed by atoms with Crippen LogP contribution in [0.15, 0.2) is 35.9 Å². The molecule has 2 rings (SSSR count). The van der Waals surface area contributed by atoms with Crippen molar-refractivity contribution in [2.75, 3.05) is 6.54 Å². The Morgan fingerprint density at radius 3 is 2.88 bits per heavy atom. The van der Waals surface area contributed by atoms with Crippen molar-refractivity contribution in [1.82, 2.24) is 5.32 Å². The first kappa shape index (κ1) is 11.7. The maximum atomic E-state index is 11.7. The van der Waals surface area contributed by atoms with Gasteiger partial charge in [-0.25, -0.2) is 0 Å². The molecule has 0 saturated heterocycles. The molecule has 1 aliphatic rings. The first-order chi connectivity index (χ1) is 8.27. The van der Waals surface area contributed by atoms with Gasteiger partial charge in [0.25, 0.3) is 5.91 Å². The number of amides is 1. The van der Waals surface area contributed by atoms with E-state index in [9.17, 15) is 9.90 Å². The number of allylic oxidation sites excluding steroid dienone is 1. The number of aromatic hydroxyl groups is 1.